The zero-order chi connectivity index (χ0) is 34.0. The number of para-hydroxylation sites is 1. The number of aliphatic imine (C=N–C) groups is 1. The first-order valence-electron chi connectivity index (χ1n) is 17.3. The van der Waals surface area contributed by atoms with Crippen molar-refractivity contribution in [3.05, 3.63) is 174 Å². The van der Waals surface area contributed by atoms with E-state index >= 15 is 0 Å². The van der Waals surface area contributed by atoms with Crippen molar-refractivity contribution < 1.29 is 0 Å². The number of nitrogens with two attached hydrogens (primary N) is 1. The molecule has 3 nitrogen and oxygen atoms in total. The standard InChI is InChI=1S/C23H22N2.C23H21N/c1-2-9-22(25-23(24)21-12-7-4-8-13-21)20-16-14-19(15-17-20)18-10-5-3-6-11-18;1-4-24-21-12-8-6-10-16(21)18-13-20-17(14-22(18)24)15-9-5-7-11-19(15)23(20,2)3/h3-17H,2H2,1H3,(H2,24,25);5-14H,4H2,1-3H3/b22-9-;. The lowest BCUT2D eigenvalue weighted by molar-refractivity contribution is 0.661. The molecule has 0 saturated carbocycles. The molecule has 1 aromatic heterocycles. The molecule has 7 aromatic rings. The van der Waals surface area contributed by atoms with Gasteiger partial charge in [0.25, 0.3) is 0 Å². The first-order chi connectivity index (χ1) is 23.9. The quantitative estimate of drug-likeness (QED) is 0.143. The third kappa shape index (κ3) is 5.98. The van der Waals surface area contributed by atoms with Crippen molar-refractivity contribution in [2.75, 3.05) is 0 Å². The second-order valence-corrected chi connectivity index (χ2v) is 13.2. The molecular formula is C46H43N3. The van der Waals surface area contributed by atoms with Crippen LogP contribution in [0.15, 0.2) is 157 Å². The van der Waals surface area contributed by atoms with Gasteiger partial charge in [0.05, 0.1) is 5.70 Å². The Balaban J connectivity index is 0.000000154. The molecule has 0 radical (unpaired) electrons. The fourth-order valence-corrected chi connectivity index (χ4v) is 7.27. The van der Waals surface area contributed by atoms with Gasteiger partial charge in [-0.05, 0) is 70.5 Å². The first kappa shape index (κ1) is 31.9. The lowest BCUT2D eigenvalue weighted by Gasteiger charge is -2.21. The zero-order valence-corrected chi connectivity index (χ0v) is 28.8. The SMILES string of the molecule is CC/C=C(\N=C(N)c1ccccc1)c1ccc(-c2ccccc2)cc1.CCn1c2ccccc2c2cc3c(cc21)-c1ccccc1C3(C)C. The van der Waals surface area contributed by atoms with Crippen LogP contribution in [0.2, 0.25) is 0 Å². The van der Waals surface area contributed by atoms with E-state index in [1.807, 2.05) is 36.4 Å². The molecule has 6 aromatic carbocycles. The Morgan fingerprint density at radius 2 is 1.24 bits per heavy atom. The van der Waals surface area contributed by atoms with E-state index in [9.17, 15) is 0 Å². The van der Waals surface area contributed by atoms with Crippen LogP contribution in [-0.4, -0.2) is 10.4 Å². The van der Waals surface area contributed by atoms with Gasteiger partial charge < -0.3 is 10.3 Å². The third-order valence-corrected chi connectivity index (χ3v) is 9.79. The summed E-state index contributed by atoms with van der Waals surface area (Å²) in [7, 11) is 0. The minimum Gasteiger partial charge on any atom is -0.383 e. The molecule has 0 spiro atoms. The van der Waals surface area contributed by atoms with Crippen molar-refractivity contribution in [2.24, 2.45) is 10.7 Å². The predicted molar refractivity (Wildman–Crippen MR) is 210 cm³/mol. The predicted octanol–water partition coefficient (Wildman–Crippen LogP) is 11.6. The van der Waals surface area contributed by atoms with Crippen LogP contribution in [0.3, 0.4) is 0 Å². The van der Waals surface area contributed by atoms with E-state index in [0.29, 0.717) is 5.84 Å². The van der Waals surface area contributed by atoms with Crippen molar-refractivity contribution in [1.29, 1.82) is 0 Å². The Bertz CT molecular complexity index is 2300. The Morgan fingerprint density at radius 3 is 1.96 bits per heavy atom. The maximum atomic E-state index is 6.19. The van der Waals surface area contributed by atoms with E-state index in [-0.39, 0.29) is 5.41 Å². The van der Waals surface area contributed by atoms with Crippen molar-refractivity contribution in [2.45, 2.75) is 46.1 Å². The maximum absolute atomic E-state index is 6.19. The van der Waals surface area contributed by atoms with E-state index < -0.39 is 0 Å². The van der Waals surface area contributed by atoms with Crippen LogP contribution < -0.4 is 5.73 Å². The van der Waals surface area contributed by atoms with Crippen LogP contribution in [0, 0.1) is 0 Å². The fraction of sp³-hybridized carbons (Fsp3) is 0.152. The van der Waals surface area contributed by atoms with Gasteiger partial charge in [-0.1, -0.05) is 154 Å². The van der Waals surface area contributed by atoms with Gasteiger partial charge in [-0.15, -0.1) is 0 Å². The number of rotatable bonds is 6. The van der Waals surface area contributed by atoms with Crippen LogP contribution in [0.5, 0.6) is 0 Å². The van der Waals surface area contributed by atoms with E-state index in [4.69, 9.17) is 5.73 Å². The van der Waals surface area contributed by atoms with Gasteiger partial charge in [0.2, 0.25) is 0 Å². The van der Waals surface area contributed by atoms with Crippen LogP contribution in [0.1, 0.15) is 56.4 Å². The fourth-order valence-electron chi connectivity index (χ4n) is 7.27. The van der Waals surface area contributed by atoms with Crippen molar-refractivity contribution in [3.8, 4) is 22.3 Å². The zero-order valence-electron chi connectivity index (χ0n) is 28.8. The number of aryl methyl sites for hydroxylation is 1. The number of hydrogen-bond acceptors (Lipinski definition) is 1. The van der Waals surface area contributed by atoms with Gasteiger partial charge in [0.1, 0.15) is 5.84 Å². The van der Waals surface area contributed by atoms with E-state index in [2.05, 4.69) is 153 Å². The second-order valence-electron chi connectivity index (χ2n) is 13.2. The van der Waals surface area contributed by atoms with Crippen LogP contribution in [0.4, 0.5) is 0 Å². The molecule has 1 aliphatic rings. The lowest BCUT2D eigenvalue weighted by atomic mass is 9.82. The molecule has 0 bridgehead atoms. The number of allylic oxidation sites excluding steroid dienone is 1. The Hall–Kier alpha value is -5.67. The molecule has 1 heterocycles. The molecule has 1 aliphatic carbocycles. The smallest absolute Gasteiger partial charge is 0.131 e. The van der Waals surface area contributed by atoms with Crippen LogP contribution in [0.25, 0.3) is 49.8 Å². The third-order valence-electron chi connectivity index (χ3n) is 9.79. The van der Waals surface area contributed by atoms with E-state index in [0.717, 1.165) is 29.8 Å². The molecule has 3 heteroatoms. The number of fused-ring (bicyclic) bond motifs is 6. The molecule has 242 valence electrons. The Morgan fingerprint density at radius 1 is 0.612 bits per heavy atom. The minimum absolute atomic E-state index is 0.0650. The van der Waals surface area contributed by atoms with E-state index in [1.165, 1.54) is 55.2 Å². The summed E-state index contributed by atoms with van der Waals surface area (Å²) in [6.07, 6.45) is 3.01. The molecule has 0 fully saturated rings. The minimum atomic E-state index is 0.0650. The first-order valence-corrected chi connectivity index (χ1v) is 17.3. The maximum Gasteiger partial charge on any atom is 0.131 e. The molecule has 2 N–H and O–H groups in total. The number of nitrogens with zero attached hydrogens (tertiary/aromatic N) is 2. The van der Waals surface area contributed by atoms with Crippen molar-refractivity contribution in [1.82, 2.24) is 4.57 Å². The van der Waals surface area contributed by atoms with Crippen molar-refractivity contribution >= 4 is 33.3 Å². The summed E-state index contributed by atoms with van der Waals surface area (Å²) in [5.41, 5.74) is 20.0. The average Bonchev–Trinajstić information content (AvgIpc) is 3.59. The second kappa shape index (κ2) is 13.4. The lowest BCUT2D eigenvalue weighted by Crippen LogP contribution is -2.14. The van der Waals surface area contributed by atoms with Gasteiger partial charge in [-0.3, -0.25) is 0 Å². The highest BCUT2D eigenvalue weighted by Crippen LogP contribution is 2.50. The van der Waals surface area contributed by atoms with Crippen LogP contribution in [-0.2, 0) is 12.0 Å². The van der Waals surface area contributed by atoms with Gasteiger partial charge in [0, 0.05) is 39.3 Å². The summed E-state index contributed by atoms with van der Waals surface area (Å²) in [5.74, 6) is 0.535. The largest absolute Gasteiger partial charge is 0.383 e. The number of aromatic nitrogens is 1. The van der Waals surface area contributed by atoms with Crippen molar-refractivity contribution in [3.63, 3.8) is 0 Å². The molecule has 0 atom stereocenters. The Kier molecular flexibility index (Phi) is 8.76. The molecular weight excluding hydrogens is 595 g/mol. The highest BCUT2D eigenvalue weighted by Gasteiger charge is 2.35. The van der Waals surface area contributed by atoms with Gasteiger partial charge in [-0.2, -0.15) is 0 Å². The average molecular weight is 638 g/mol. The molecule has 0 unspecified atom stereocenters. The molecule has 0 aliphatic heterocycles. The van der Waals surface area contributed by atoms with Crippen LogP contribution >= 0.6 is 0 Å². The summed E-state index contributed by atoms with van der Waals surface area (Å²) in [6.45, 7) is 10.0. The highest BCUT2D eigenvalue weighted by atomic mass is 15.0. The number of amidine groups is 1. The molecule has 49 heavy (non-hydrogen) atoms. The van der Waals surface area contributed by atoms with Gasteiger partial charge >= 0.3 is 0 Å². The van der Waals surface area contributed by atoms with Gasteiger partial charge in [0.15, 0.2) is 0 Å². The highest BCUT2D eigenvalue weighted by molar-refractivity contribution is 6.10. The summed E-state index contributed by atoms with van der Waals surface area (Å²) >= 11 is 0. The molecule has 8 rings (SSSR count). The molecule has 0 saturated heterocycles. The van der Waals surface area contributed by atoms with E-state index in [1.54, 1.807) is 0 Å². The number of benzene rings is 6. The normalized spacial score (nSPS) is 13.6. The summed E-state index contributed by atoms with van der Waals surface area (Å²) in [4.78, 5) is 4.66. The summed E-state index contributed by atoms with van der Waals surface area (Å²) in [5, 5.41) is 2.75. The topological polar surface area (TPSA) is 43.3 Å². The van der Waals surface area contributed by atoms with Gasteiger partial charge in [-0.25, -0.2) is 4.99 Å². The molecule has 0 amide bonds. The summed E-state index contributed by atoms with van der Waals surface area (Å²) in [6, 6.07) is 51.2. The Labute approximate surface area is 290 Å². The number of hydrogen-bond donors (Lipinski definition) is 1. The summed E-state index contributed by atoms with van der Waals surface area (Å²) < 4.78 is 2.44. The monoisotopic (exact) mass is 637 g/mol.